The van der Waals surface area contributed by atoms with Crippen LogP contribution in [0.15, 0.2) is 30.0 Å². The Hall–Kier alpha value is -2.67. The number of rotatable bonds is 5. The molecule has 0 amide bonds. The first-order chi connectivity index (χ1) is 9.06. The average molecular weight is 267 g/mol. The summed E-state index contributed by atoms with van der Waals surface area (Å²) < 4.78 is 41.8. The van der Waals surface area contributed by atoms with Crippen LogP contribution in [0.5, 0.6) is 5.75 Å². The molecule has 0 fully saturated rings. The number of anilines is 1. The maximum Gasteiger partial charge on any atom is 0.272 e. The number of alkyl halides is 2. The van der Waals surface area contributed by atoms with E-state index in [0.717, 1.165) is 12.3 Å². The highest BCUT2D eigenvalue weighted by Crippen LogP contribution is 2.21. The fourth-order valence-electron chi connectivity index (χ4n) is 1.11. The molecule has 0 aliphatic rings. The van der Waals surface area contributed by atoms with Gasteiger partial charge in [-0.05, 0) is 12.1 Å². The largest absolute Gasteiger partial charge is 0.485 e. The number of hydrogen-bond acceptors (Lipinski definition) is 4. The molecule has 0 bridgehead atoms. The SMILES string of the molecule is N#CC(C#N)=CNc1ccc(OCC(F)F)c(F)c1. The fourth-order valence-corrected chi connectivity index (χ4v) is 1.11. The molecular weight excluding hydrogens is 259 g/mol. The third-order valence-electron chi connectivity index (χ3n) is 1.92. The second kappa shape index (κ2) is 6.92. The normalized spacial score (nSPS) is 9.37. The first-order valence-corrected chi connectivity index (χ1v) is 5.04. The molecule has 0 atom stereocenters. The van der Waals surface area contributed by atoms with Crippen LogP contribution in [0.4, 0.5) is 18.9 Å². The van der Waals surface area contributed by atoms with Gasteiger partial charge in [-0.25, -0.2) is 13.2 Å². The van der Waals surface area contributed by atoms with E-state index in [0.29, 0.717) is 0 Å². The van der Waals surface area contributed by atoms with Crippen molar-refractivity contribution in [3.05, 3.63) is 35.8 Å². The predicted octanol–water partition coefficient (Wildman–Crippen LogP) is 2.81. The Bertz CT molecular complexity index is 542. The summed E-state index contributed by atoms with van der Waals surface area (Å²) >= 11 is 0. The quantitative estimate of drug-likeness (QED) is 0.833. The van der Waals surface area contributed by atoms with E-state index in [1.165, 1.54) is 12.1 Å². The Labute approximate surface area is 107 Å². The predicted molar refractivity (Wildman–Crippen MR) is 60.8 cm³/mol. The van der Waals surface area contributed by atoms with Crippen molar-refractivity contribution in [3.63, 3.8) is 0 Å². The molecule has 0 saturated carbocycles. The van der Waals surface area contributed by atoms with Crippen LogP contribution in [-0.2, 0) is 0 Å². The van der Waals surface area contributed by atoms with E-state index in [-0.39, 0.29) is 17.0 Å². The van der Waals surface area contributed by atoms with Gasteiger partial charge in [-0.3, -0.25) is 0 Å². The van der Waals surface area contributed by atoms with Gasteiger partial charge >= 0.3 is 0 Å². The molecule has 1 N–H and O–H groups in total. The van der Waals surface area contributed by atoms with E-state index in [2.05, 4.69) is 10.1 Å². The minimum Gasteiger partial charge on any atom is -0.485 e. The van der Waals surface area contributed by atoms with Crippen molar-refractivity contribution in [1.82, 2.24) is 0 Å². The number of allylic oxidation sites excluding steroid dienone is 1. The second-order valence-electron chi connectivity index (χ2n) is 3.27. The standard InChI is InChI=1S/C12H8F3N3O/c13-10-3-9(18-6-8(4-16)5-17)1-2-11(10)19-7-12(14)15/h1-3,6,12,18H,7H2. The molecule has 1 rings (SSSR count). The monoisotopic (exact) mass is 267 g/mol. The van der Waals surface area contributed by atoms with Crippen LogP contribution < -0.4 is 10.1 Å². The van der Waals surface area contributed by atoms with Crippen molar-refractivity contribution >= 4 is 5.69 Å². The number of nitriles is 2. The van der Waals surface area contributed by atoms with Gasteiger partial charge in [-0.1, -0.05) is 0 Å². The molecule has 0 unspecified atom stereocenters. The van der Waals surface area contributed by atoms with Gasteiger partial charge in [0, 0.05) is 18.0 Å². The van der Waals surface area contributed by atoms with Crippen molar-refractivity contribution in [1.29, 1.82) is 10.5 Å². The molecule has 4 nitrogen and oxygen atoms in total. The van der Waals surface area contributed by atoms with Crippen LogP contribution in [0.1, 0.15) is 0 Å². The van der Waals surface area contributed by atoms with E-state index in [1.807, 2.05) is 0 Å². The van der Waals surface area contributed by atoms with Crippen LogP contribution in [0, 0.1) is 28.5 Å². The number of hydrogen-bond donors (Lipinski definition) is 1. The molecule has 0 spiro atoms. The Kier molecular flexibility index (Phi) is 5.24. The lowest BCUT2D eigenvalue weighted by Gasteiger charge is -2.08. The summed E-state index contributed by atoms with van der Waals surface area (Å²) in [7, 11) is 0. The number of nitrogens with zero attached hydrogens (tertiary/aromatic N) is 2. The van der Waals surface area contributed by atoms with Crippen molar-refractivity contribution in [2.45, 2.75) is 6.43 Å². The van der Waals surface area contributed by atoms with Crippen LogP contribution in [0.2, 0.25) is 0 Å². The topological polar surface area (TPSA) is 68.8 Å². The minimum atomic E-state index is -2.69. The number of ether oxygens (including phenoxy) is 1. The van der Waals surface area contributed by atoms with Crippen LogP contribution in [0.25, 0.3) is 0 Å². The van der Waals surface area contributed by atoms with Gasteiger partial charge in [0.1, 0.15) is 24.3 Å². The highest BCUT2D eigenvalue weighted by molar-refractivity contribution is 5.51. The summed E-state index contributed by atoms with van der Waals surface area (Å²) in [6.07, 6.45) is -1.58. The number of benzene rings is 1. The summed E-state index contributed by atoms with van der Waals surface area (Å²) in [5.74, 6) is -1.12. The minimum absolute atomic E-state index is 0.182. The van der Waals surface area contributed by atoms with Gasteiger partial charge in [0.05, 0.1) is 0 Å². The zero-order valence-corrected chi connectivity index (χ0v) is 9.53. The maximum atomic E-state index is 13.4. The summed E-state index contributed by atoms with van der Waals surface area (Å²) in [6.45, 7) is -0.892. The van der Waals surface area contributed by atoms with Gasteiger partial charge in [-0.2, -0.15) is 10.5 Å². The molecule has 0 aromatic heterocycles. The first kappa shape index (κ1) is 14.4. The van der Waals surface area contributed by atoms with E-state index >= 15 is 0 Å². The van der Waals surface area contributed by atoms with E-state index < -0.39 is 18.8 Å². The Morgan fingerprint density at radius 3 is 2.58 bits per heavy atom. The highest BCUT2D eigenvalue weighted by atomic mass is 19.3. The first-order valence-electron chi connectivity index (χ1n) is 5.04. The van der Waals surface area contributed by atoms with Gasteiger partial charge < -0.3 is 10.1 Å². The van der Waals surface area contributed by atoms with Gasteiger partial charge in [0.15, 0.2) is 11.6 Å². The molecule has 19 heavy (non-hydrogen) atoms. The molecule has 7 heteroatoms. The molecule has 1 aromatic carbocycles. The molecule has 0 radical (unpaired) electrons. The van der Waals surface area contributed by atoms with Gasteiger partial charge in [0.2, 0.25) is 0 Å². The maximum absolute atomic E-state index is 13.4. The van der Waals surface area contributed by atoms with Crippen LogP contribution in [0.3, 0.4) is 0 Å². The lowest BCUT2D eigenvalue weighted by atomic mass is 10.3. The molecule has 1 aromatic rings. The Balaban J connectivity index is 2.75. The van der Waals surface area contributed by atoms with Crippen LogP contribution in [-0.4, -0.2) is 13.0 Å². The van der Waals surface area contributed by atoms with Crippen molar-refractivity contribution in [3.8, 4) is 17.9 Å². The van der Waals surface area contributed by atoms with Gasteiger partial charge in [0.25, 0.3) is 6.43 Å². The zero-order valence-electron chi connectivity index (χ0n) is 9.53. The van der Waals surface area contributed by atoms with Gasteiger partial charge in [-0.15, -0.1) is 0 Å². The lowest BCUT2D eigenvalue weighted by molar-refractivity contribution is 0.0799. The fraction of sp³-hybridized carbons (Fsp3) is 0.167. The number of nitrogens with one attached hydrogen (secondary N) is 1. The summed E-state index contributed by atoms with van der Waals surface area (Å²) in [4.78, 5) is 0. The molecule has 0 heterocycles. The Morgan fingerprint density at radius 2 is 2.05 bits per heavy atom. The van der Waals surface area contributed by atoms with E-state index in [9.17, 15) is 13.2 Å². The highest BCUT2D eigenvalue weighted by Gasteiger charge is 2.08. The number of halogens is 3. The summed E-state index contributed by atoms with van der Waals surface area (Å²) in [6, 6.07) is 6.78. The Morgan fingerprint density at radius 1 is 1.37 bits per heavy atom. The molecule has 0 aliphatic heterocycles. The molecule has 0 aliphatic carbocycles. The van der Waals surface area contributed by atoms with Crippen molar-refractivity contribution in [2.75, 3.05) is 11.9 Å². The second-order valence-corrected chi connectivity index (χ2v) is 3.27. The van der Waals surface area contributed by atoms with Crippen LogP contribution >= 0.6 is 0 Å². The molecular formula is C12H8F3N3O. The van der Waals surface area contributed by atoms with Crippen molar-refractivity contribution < 1.29 is 17.9 Å². The average Bonchev–Trinajstić information content (AvgIpc) is 2.38. The smallest absolute Gasteiger partial charge is 0.272 e. The third kappa shape index (κ3) is 4.60. The van der Waals surface area contributed by atoms with Crippen molar-refractivity contribution in [2.24, 2.45) is 0 Å². The zero-order chi connectivity index (χ0) is 14.3. The van der Waals surface area contributed by atoms with E-state index in [1.54, 1.807) is 12.1 Å². The third-order valence-corrected chi connectivity index (χ3v) is 1.92. The lowest BCUT2D eigenvalue weighted by Crippen LogP contribution is -2.08. The van der Waals surface area contributed by atoms with E-state index in [4.69, 9.17) is 10.5 Å². The molecule has 98 valence electrons. The summed E-state index contributed by atoms with van der Waals surface area (Å²) in [5.41, 5.74) is 0.0725. The summed E-state index contributed by atoms with van der Waals surface area (Å²) in [5, 5.41) is 19.5. The molecule has 0 saturated heterocycles.